The van der Waals surface area contributed by atoms with E-state index in [9.17, 15) is 0 Å². The molecule has 3 N–H and O–H groups in total. The molecule has 4 nitrogen and oxygen atoms in total. The van der Waals surface area contributed by atoms with Crippen molar-refractivity contribution in [2.24, 2.45) is 5.84 Å². The van der Waals surface area contributed by atoms with E-state index >= 15 is 0 Å². The SMILES string of the molecule is NNC(CCC1CCCO1)C1CCc2cccnc21. The Morgan fingerprint density at radius 1 is 1.47 bits per heavy atom. The first-order valence-corrected chi connectivity index (χ1v) is 7.40. The summed E-state index contributed by atoms with van der Waals surface area (Å²) in [4.78, 5) is 4.56. The van der Waals surface area contributed by atoms with Crippen molar-refractivity contribution in [1.29, 1.82) is 0 Å². The predicted molar refractivity (Wildman–Crippen MR) is 74.6 cm³/mol. The van der Waals surface area contributed by atoms with Crippen molar-refractivity contribution in [1.82, 2.24) is 10.4 Å². The van der Waals surface area contributed by atoms with E-state index in [1.54, 1.807) is 0 Å². The molecule has 4 heteroatoms. The summed E-state index contributed by atoms with van der Waals surface area (Å²) < 4.78 is 5.70. The number of nitrogens with zero attached hydrogens (tertiary/aromatic N) is 1. The highest BCUT2D eigenvalue weighted by Gasteiger charge is 2.31. The third-order valence-electron chi connectivity index (χ3n) is 4.53. The van der Waals surface area contributed by atoms with Crippen LogP contribution in [0.4, 0.5) is 0 Å². The van der Waals surface area contributed by atoms with Crippen molar-refractivity contribution in [3.63, 3.8) is 0 Å². The van der Waals surface area contributed by atoms with Gasteiger partial charge in [-0.25, -0.2) is 0 Å². The van der Waals surface area contributed by atoms with E-state index in [4.69, 9.17) is 10.6 Å². The smallest absolute Gasteiger partial charge is 0.0576 e. The Bertz CT molecular complexity index is 418. The first-order chi connectivity index (χ1) is 9.38. The van der Waals surface area contributed by atoms with Gasteiger partial charge in [-0.2, -0.15) is 0 Å². The Kier molecular flexibility index (Phi) is 4.11. The van der Waals surface area contributed by atoms with Crippen LogP contribution >= 0.6 is 0 Å². The molecule has 0 radical (unpaired) electrons. The van der Waals surface area contributed by atoms with Gasteiger partial charge in [0.2, 0.25) is 0 Å². The molecule has 1 fully saturated rings. The molecule has 0 amide bonds. The van der Waals surface area contributed by atoms with Crippen molar-refractivity contribution in [3.05, 3.63) is 29.6 Å². The Hall–Kier alpha value is -0.970. The summed E-state index contributed by atoms with van der Waals surface area (Å²) in [6.45, 7) is 0.930. The molecule has 19 heavy (non-hydrogen) atoms. The average molecular weight is 261 g/mol. The van der Waals surface area contributed by atoms with Crippen molar-refractivity contribution in [3.8, 4) is 0 Å². The van der Waals surface area contributed by atoms with Gasteiger partial charge in [0, 0.05) is 30.5 Å². The van der Waals surface area contributed by atoms with Crippen LogP contribution in [0.15, 0.2) is 18.3 Å². The molecule has 2 aliphatic rings. The molecule has 3 atom stereocenters. The number of hydrogen-bond donors (Lipinski definition) is 2. The zero-order valence-electron chi connectivity index (χ0n) is 11.3. The topological polar surface area (TPSA) is 60.2 Å². The van der Waals surface area contributed by atoms with Crippen LogP contribution in [0.2, 0.25) is 0 Å². The summed E-state index contributed by atoms with van der Waals surface area (Å²) in [5.41, 5.74) is 5.65. The summed E-state index contributed by atoms with van der Waals surface area (Å²) in [5.74, 6) is 6.24. The Balaban J connectivity index is 1.62. The normalized spacial score (nSPS) is 27.4. The standard InChI is InChI=1S/C15H23N3O/c16-18-14(8-6-12-4-2-10-19-12)13-7-5-11-3-1-9-17-15(11)13/h1,3,9,12-14,18H,2,4-8,10,16H2. The van der Waals surface area contributed by atoms with Gasteiger partial charge in [0.15, 0.2) is 0 Å². The lowest BCUT2D eigenvalue weighted by molar-refractivity contribution is 0.0985. The molecule has 0 bridgehead atoms. The second kappa shape index (κ2) is 5.99. The molecule has 1 aromatic heterocycles. The van der Waals surface area contributed by atoms with Crippen LogP contribution in [-0.4, -0.2) is 23.7 Å². The molecule has 0 aromatic carbocycles. The summed E-state index contributed by atoms with van der Waals surface area (Å²) in [6.07, 6.45) is 9.22. The van der Waals surface area contributed by atoms with Gasteiger partial charge in [0.1, 0.15) is 0 Å². The highest BCUT2D eigenvalue weighted by atomic mass is 16.5. The summed E-state index contributed by atoms with van der Waals surface area (Å²) in [6, 6.07) is 4.54. The van der Waals surface area contributed by atoms with E-state index < -0.39 is 0 Å². The molecule has 104 valence electrons. The molecule has 0 saturated carbocycles. The number of rotatable bonds is 5. The van der Waals surface area contributed by atoms with Gasteiger partial charge < -0.3 is 4.74 Å². The maximum absolute atomic E-state index is 5.78. The molecule has 3 unspecified atom stereocenters. The number of hydrazine groups is 1. The third kappa shape index (κ3) is 2.81. The number of nitrogens with two attached hydrogens (primary N) is 1. The Morgan fingerprint density at radius 2 is 2.42 bits per heavy atom. The number of nitrogens with one attached hydrogen (secondary N) is 1. The van der Waals surface area contributed by atoms with Gasteiger partial charge in [-0.1, -0.05) is 6.07 Å². The van der Waals surface area contributed by atoms with Gasteiger partial charge in [-0.05, 0) is 50.2 Å². The Labute approximate surface area is 114 Å². The highest BCUT2D eigenvalue weighted by molar-refractivity contribution is 5.29. The fourth-order valence-corrected chi connectivity index (χ4v) is 3.47. The summed E-state index contributed by atoms with van der Waals surface area (Å²) in [5, 5.41) is 0. The monoisotopic (exact) mass is 261 g/mol. The van der Waals surface area contributed by atoms with Gasteiger partial charge >= 0.3 is 0 Å². The Morgan fingerprint density at radius 3 is 3.21 bits per heavy atom. The minimum atomic E-state index is 0.320. The van der Waals surface area contributed by atoms with Crippen LogP contribution in [0.1, 0.15) is 49.3 Å². The maximum atomic E-state index is 5.78. The van der Waals surface area contributed by atoms with E-state index in [1.807, 2.05) is 12.3 Å². The molecule has 1 saturated heterocycles. The van der Waals surface area contributed by atoms with Crippen LogP contribution in [-0.2, 0) is 11.2 Å². The molecule has 3 rings (SSSR count). The van der Waals surface area contributed by atoms with Crippen LogP contribution in [0.25, 0.3) is 0 Å². The number of pyridine rings is 1. The van der Waals surface area contributed by atoms with E-state index in [0.717, 1.165) is 32.3 Å². The average Bonchev–Trinajstić information content (AvgIpc) is 3.09. The van der Waals surface area contributed by atoms with Crippen molar-refractivity contribution in [2.75, 3.05) is 6.61 Å². The zero-order chi connectivity index (χ0) is 13.1. The van der Waals surface area contributed by atoms with Crippen molar-refractivity contribution < 1.29 is 4.74 Å². The number of hydrogen-bond acceptors (Lipinski definition) is 4. The van der Waals surface area contributed by atoms with Gasteiger partial charge in [-0.3, -0.25) is 16.3 Å². The largest absolute Gasteiger partial charge is 0.378 e. The second-order valence-corrected chi connectivity index (χ2v) is 5.68. The minimum absolute atomic E-state index is 0.320. The molecule has 1 aliphatic heterocycles. The lowest BCUT2D eigenvalue weighted by atomic mass is 9.92. The van der Waals surface area contributed by atoms with Crippen LogP contribution < -0.4 is 11.3 Å². The fraction of sp³-hybridized carbons (Fsp3) is 0.667. The first kappa shape index (κ1) is 13.0. The molecule has 1 aliphatic carbocycles. The molecule has 0 spiro atoms. The van der Waals surface area contributed by atoms with Gasteiger partial charge in [0.05, 0.1) is 6.10 Å². The predicted octanol–water partition coefficient (Wildman–Crippen LogP) is 1.90. The molecular weight excluding hydrogens is 238 g/mol. The van der Waals surface area contributed by atoms with Gasteiger partial charge in [-0.15, -0.1) is 0 Å². The lowest BCUT2D eigenvalue weighted by Gasteiger charge is -2.24. The zero-order valence-corrected chi connectivity index (χ0v) is 11.3. The van der Waals surface area contributed by atoms with Crippen LogP contribution in [0, 0.1) is 0 Å². The second-order valence-electron chi connectivity index (χ2n) is 5.68. The molecule has 1 aromatic rings. The van der Waals surface area contributed by atoms with Crippen molar-refractivity contribution >= 4 is 0 Å². The summed E-state index contributed by atoms with van der Waals surface area (Å²) >= 11 is 0. The first-order valence-electron chi connectivity index (χ1n) is 7.40. The number of ether oxygens (including phenoxy) is 1. The van der Waals surface area contributed by atoms with E-state index in [0.29, 0.717) is 18.1 Å². The fourth-order valence-electron chi connectivity index (χ4n) is 3.47. The van der Waals surface area contributed by atoms with Crippen LogP contribution in [0.5, 0.6) is 0 Å². The molecule has 2 heterocycles. The lowest BCUT2D eigenvalue weighted by Crippen LogP contribution is -2.40. The van der Waals surface area contributed by atoms with Gasteiger partial charge in [0.25, 0.3) is 0 Å². The summed E-state index contributed by atoms with van der Waals surface area (Å²) in [7, 11) is 0. The number of aryl methyl sites for hydroxylation is 1. The van der Waals surface area contributed by atoms with Crippen LogP contribution in [0.3, 0.4) is 0 Å². The highest BCUT2D eigenvalue weighted by Crippen LogP contribution is 2.35. The van der Waals surface area contributed by atoms with E-state index in [1.165, 1.54) is 24.1 Å². The van der Waals surface area contributed by atoms with E-state index in [-0.39, 0.29) is 0 Å². The third-order valence-corrected chi connectivity index (χ3v) is 4.53. The quantitative estimate of drug-likeness (QED) is 0.628. The minimum Gasteiger partial charge on any atom is -0.378 e. The van der Waals surface area contributed by atoms with Crippen molar-refractivity contribution in [2.45, 2.75) is 56.6 Å². The number of fused-ring (bicyclic) bond motifs is 1. The van der Waals surface area contributed by atoms with E-state index in [2.05, 4.69) is 16.5 Å². The maximum Gasteiger partial charge on any atom is 0.0576 e. The molecular formula is C15H23N3O. The number of aromatic nitrogens is 1.